The van der Waals surface area contributed by atoms with E-state index in [1.165, 1.54) is 0 Å². The first-order valence-corrected chi connectivity index (χ1v) is 5.69. The van der Waals surface area contributed by atoms with Gasteiger partial charge in [0.05, 0.1) is 12.6 Å². The Morgan fingerprint density at radius 2 is 2.29 bits per heavy atom. The van der Waals surface area contributed by atoms with Crippen LogP contribution in [0.4, 0.5) is 15.9 Å². The highest BCUT2D eigenvalue weighted by atomic mass is 19.1. The number of nitrogens with zero attached hydrogens (tertiary/aromatic N) is 1. The Kier molecular flexibility index (Phi) is 2.35. The molecule has 0 aromatic carbocycles. The van der Waals surface area contributed by atoms with Crippen molar-refractivity contribution in [1.82, 2.24) is 5.32 Å². The molecule has 3 heterocycles. The number of hydrogen-bond acceptors (Lipinski definition) is 3. The molecular weight excluding hydrogens is 223 g/mol. The van der Waals surface area contributed by atoms with E-state index in [4.69, 9.17) is 0 Å². The summed E-state index contributed by atoms with van der Waals surface area (Å²) in [6.45, 7) is 0.664. The van der Waals surface area contributed by atoms with Crippen molar-refractivity contribution in [3.05, 3.63) is 18.3 Å². The van der Waals surface area contributed by atoms with E-state index in [9.17, 15) is 9.18 Å². The van der Waals surface area contributed by atoms with Gasteiger partial charge in [0.2, 0.25) is 5.91 Å². The molecule has 2 unspecified atom stereocenters. The predicted octanol–water partition coefficient (Wildman–Crippen LogP) is 0.516. The lowest BCUT2D eigenvalue weighted by molar-refractivity contribution is -0.710. The number of anilines is 2. The van der Waals surface area contributed by atoms with Crippen LogP contribution in [0.3, 0.4) is 0 Å². The van der Waals surface area contributed by atoms with Crippen LogP contribution < -0.4 is 20.5 Å². The Morgan fingerprint density at radius 1 is 1.41 bits per heavy atom. The summed E-state index contributed by atoms with van der Waals surface area (Å²) in [6, 6.07) is 3.74. The number of alkyl halides is 1. The normalized spacial score (nSPS) is 26.8. The van der Waals surface area contributed by atoms with E-state index in [0.29, 0.717) is 19.5 Å². The van der Waals surface area contributed by atoms with Crippen molar-refractivity contribution in [2.75, 3.05) is 17.3 Å². The van der Waals surface area contributed by atoms with Crippen LogP contribution in [-0.2, 0) is 4.79 Å². The summed E-state index contributed by atoms with van der Waals surface area (Å²) >= 11 is 0. The van der Waals surface area contributed by atoms with E-state index >= 15 is 0 Å². The molecule has 2 aliphatic heterocycles. The minimum absolute atomic E-state index is 0.124. The monoisotopic (exact) mass is 237 g/mol. The second kappa shape index (κ2) is 3.87. The van der Waals surface area contributed by atoms with Crippen molar-refractivity contribution < 1.29 is 13.8 Å². The zero-order valence-electron chi connectivity index (χ0n) is 9.24. The van der Waals surface area contributed by atoms with E-state index in [-0.39, 0.29) is 11.9 Å². The van der Waals surface area contributed by atoms with Gasteiger partial charge in [0.15, 0.2) is 13.0 Å². The fraction of sp³-hybridized carbons (Fsp3) is 0.455. The maximum atomic E-state index is 13.3. The summed E-state index contributed by atoms with van der Waals surface area (Å²) < 4.78 is 15.3. The molecule has 6 heteroatoms. The lowest BCUT2D eigenvalue weighted by atomic mass is 10.0. The van der Waals surface area contributed by atoms with Crippen LogP contribution in [0.15, 0.2) is 18.3 Å². The summed E-state index contributed by atoms with van der Waals surface area (Å²) in [5.41, 5.74) is 0.994. The molecule has 0 aliphatic carbocycles. The fourth-order valence-electron chi connectivity index (χ4n) is 2.42. The van der Waals surface area contributed by atoms with Gasteiger partial charge < -0.3 is 10.6 Å². The number of carbonyl (C=O) groups excluding carboxylic acids is 1. The molecule has 1 saturated heterocycles. The quantitative estimate of drug-likeness (QED) is 0.493. The molecule has 3 N–H and O–H groups in total. The minimum Gasteiger partial charge on any atom is -0.343 e. The molecule has 0 saturated carbocycles. The van der Waals surface area contributed by atoms with Crippen molar-refractivity contribution in [2.24, 2.45) is 0 Å². The number of piperidine rings is 1. The predicted molar refractivity (Wildman–Crippen MR) is 60.1 cm³/mol. The molecule has 1 aromatic rings. The molecule has 3 rings (SSSR count). The third-order valence-electron chi connectivity index (χ3n) is 3.17. The Labute approximate surface area is 98.0 Å². The van der Waals surface area contributed by atoms with Crippen LogP contribution in [0.2, 0.25) is 0 Å². The zero-order valence-corrected chi connectivity index (χ0v) is 9.24. The standard InChI is InChI=1S/C11H13FN4O/c12-9-4-7(5-10(17)15-9)16-3-1-2-8-11(16)14-6-13-8/h1-3,7,9,13H,4-6H2,(H,15,17)/p+1. The molecule has 2 atom stereocenters. The third kappa shape index (κ3) is 1.79. The lowest BCUT2D eigenvalue weighted by Crippen LogP contribution is -2.50. The van der Waals surface area contributed by atoms with E-state index < -0.39 is 6.30 Å². The first-order chi connectivity index (χ1) is 8.24. The summed E-state index contributed by atoms with van der Waals surface area (Å²) in [5, 5.41) is 8.66. The number of hydrogen-bond donors (Lipinski definition) is 3. The molecule has 1 fully saturated rings. The largest absolute Gasteiger partial charge is 0.343 e. The Hall–Kier alpha value is -1.85. The van der Waals surface area contributed by atoms with Gasteiger partial charge in [-0.05, 0) is 12.1 Å². The highest BCUT2D eigenvalue weighted by Gasteiger charge is 2.33. The number of rotatable bonds is 1. The molecule has 5 nitrogen and oxygen atoms in total. The first kappa shape index (κ1) is 10.3. The van der Waals surface area contributed by atoms with Crippen molar-refractivity contribution in [1.29, 1.82) is 0 Å². The first-order valence-electron chi connectivity index (χ1n) is 5.69. The van der Waals surface area contributed by atoms with Crippen molar-refractivity contribution in [2.45, 2.75) is 25.2 Å². The van der Waals surface area contributed by atoms with Crippen molar-refractivity contribution in [3.8, 4) is 0 Å². The van der Waals surface area contributed by atoms with Crippen LogP contribution >= 0.6 is 0 Å². The lowest BCUT2D eigenvalue weighted by Gasteiger charge is -2.24. The SMILES string of the molecule is O=C1CC([n+]2cccc3c2NCN3)CC(F)N1. The van der Waals surface area contributed by atoms with Crippen LogP contribution in [0.1, 0.15) is 18.9 Å². The summed E-state index contributed by atoms with van der Waals surface area (Å²) in [5.74, 6) is 0.698. The molecule has 90 valence electrons. The minimum atomic E-state index is -1.25. The van der Waals surface area contributed by atoms with Gasteiger partial charge in [0, 0.05) is 6.42 Å². The molecule has 2 aliphatic rings. The number of pyridine rings is 1. The molecule has 0 bridgehead atoms. The average Bonchev–Trinajstić information content (AvgIpc) is 2.75. The topological polar surface area (TPSA) is 57.0 Å². The van der Waals surface area contributed by atoms with E-state index in [0.717, 1.165) is 11.5 Å². The molecular formula is C11H14FN4O+. The van der Waals surface area contributed by atoms with Gasteiger partial charge in [-0.1, -0.05) is 0 Å². The number of nitrogens with one attached hydrogen (secondary N) is 3. The number of halogens is 1. The second-order valence-electron chi connectivity index (χ2n) is 4.34. The van der Waals surface area contributed by atoms with Gasteiger partial charge in [-0.25, -0.2) is 8.96 Å². The Bertz CT molecular complexity index is 465. The highest BCUT2D eigenvalue weighted by Crippen LogP contribution is 2.26. The Balaban J connectivity index is 1.94. The Morgan fingerprint density at radius 3 is 3.12 bits per heavy atom. The van der Waals surface area contributed by atoms with Crippen molar-refractivity contribution in [3.63, 3.8) is 0 Å². The number of carbonyl (C=O) groups is 1. The van der Waals surface area contributed by atoms with Crippen LogP contribution in [0.5, 0.6) is 0 Å². The number of aromatic nitrogens is 1. The average molecular weight is 237 g/mol. The molecule has 1 amide bonds. The van der Waals surface area contributed by atoms with Gasteiger partial charge in [0.1, 0.15) is 11.7 Å². The zero-order chi connectivity index (χ0) is 11.8. The molecule has 17 heavy (non-hydrogen) atoms. The highest BCUT2D eigenvalue weighted by molar-refractivity contribution is 5.77. The van der Waals surface area contributed by atoms with E-state index in [2.05, 4.69) is 16.0 Å². The maximum Gasteiger partial charge on any atom is 0.299 e. The number of amides is 1. The van der Waals surface area contributed by atoms with E-state index in [1.54, 1.807) is 0 Å². The van der Waals surface area contributed by atoms with Crippen LogP contribution in [0, 0.1) is 0 Å². The van der Waals surface area contributed by atoms with Gasteiger partial charge in [-0.3, -0.25) is 10.1 Å². The molecule has 0 spiro atoms. The van der Waals surface area contributed by atoms with Gasteiger partial charge in [-0.15, -0.1) is 0 Å². The maximum absolute atomic E-state index is 13.3. The van der Waals surface area contributed by atoms with Gasteiger partial charge in [-0.2, -0.15) is 0 Å². The molecule has 1 aromatic heterocycles. The van der Waals surface area contributed by atoms with E-state index in [1.807, 2.05) is 22.9 Å². The van der Waals surface area contributed by atoms with Gasteiger partial charge in [0.25, 0.3) is 5.82 Å². The second-order valence-corrected chi connectivity index (χ2v) is 4.34. The smallest absolute Gasteiger partial charge is 0.299 e. The summed E-state index contributed by atoms with van der Waals surface area (Å²) in [4.78, 5) is 11.4. The van der Waals surface area contributed by atoms with Crippen LogP contribution in [0.25, 0.3) is 0 Å². The molecule has 0 radical (unpaired) electrons. The van der Waals surface area contributed by atoms with Crippen LogP contribution in [-0.4, -0.2) is 18.9 Å². The number of fused-ring (bicyclic) bond motifs is 1. The van der Waals surface area contributed by atoms with Crippen molar-refractivity contribution >= 4 is 17.4 Å². The summed E-state index contributed by atoms with van der Waals surface area (Å²) in [7, 11) is 0. The van der Waals surface area contributed by atoms with Gasteiger partial charge >= 0.3 is 0 Å². The third-order valence-corrected chi connectivity index (χ3v) is 3.17. The summed E-state index contributed by atoms with van der Waals surface area (Å²) in [6.07, 6.45) is 1.27. The fourth-order valence-corrected chi connectivity index (χ4v) is 2.42.